The lowest BCUT2D eigenvalue weighted by atomic mass is 10.0. The first kappa shape index (κ1) is 18.4. The Bertz CT molecular complexity index is 1270. The van der Waals surface area contributed by atoms with Crippen LogP contribution in [-0.4, -0.2) is 13.4 Å². The number of halogens is 3. The maximum atomic E-state index is 13.4. The molecule has 27 heavy (non-hydrogen) atoms. The second-order valence-electron chi connectivity index (χ2n) is 5.73. The minimum Gasteiger partial charge on any atom is -0.255 e. The van der Waals surface area contributed by atoms with Crippen molar-refractivity contribution in [3.05, 3.63) is 76.0 Å². The Labute approximate surface area is 168 Å². The molecular weight excluding hydrogens is 428 g/mol. The van der Waals surface area contributed by atoms with Gasteiger partial charge in [-0.25, -0.2) is 12.8 Å². The van der Waals surface area contributed by atoms with Crippen LogP contribution in [0, 0.1) is 5.82 Å². The molecule has 136 valence electrons. The fourth-order valence-corrected chi connectivity index (χ4v) is 6.03. The topological polar surface area (TPSA) is 47.0 Å². The van der Waals surface area contributed by atoms with Crippen molar-refractivity contribution >= 4 is 55.3 Å². The number of fused-ring (bicyclic) bond motifs is 1. The maximum Gasteiger partial charge on any atom is 0.218 e. The van der Waals surface area contributed by atoms with Gasteiger partial charge in [-0.2, -0.15) is 0 Å². The van der Waals surface area contributed by atoms with Crippen LogP contribution >= 0.6 is 34.5 Å². The molecule has 2 aromatic heterocycles. The first-order valence-electron chi connectivity index (χ1n) is 7.71. The van der Waals surface area contributed by atoms with Crippen LogP contribution in [0.3, 0.4) is 0 Å². The summed E-state index contributed by atoms with van der Waals surface area (Å²) in [6.45, 7) is 0. The third-order valence-electron chi connectivity index (χ3n) is 4.03. The normalized spacial score (nSPS) is 11.8. The van der Waals surface area contributed by atoms with Gasteiger partial charge in [0.15, 0.2) is 0 Å². The summed E-state index contributed by atoms with van der Waals surface area (Å²) in [5.74, 6) is -0.408. The predicted molar refractivity (Wildman–Crippen MR) is 107 cm³/mol. The quantitative estimate of drug-likeness (QED) is 0.380. The van der Waals surface area contributed by atoms with Crippen LogP contribution in [0.25, 0.3) is 22.0 Å². The molecule has 0 bridgehead atoms. The number of sulfone groups is 1. The standard InChI is InChI=1S/C19H10Cl2FNO2S2/c20-12-3-6-14-15(9-12)23-10-16(19(14)11-1-4-13(22)5-2-11)27(24,25)18-8-7-17(21)26-18/h1-10H. The van der Waals surface area contributed by atoms with E-state index in [4.69, 9.17) is 23.2 Å². The number of pyridine rings is 1. The van der Waals surface area contributed by atoms with E-state index >= 15 is 0 Å². The number of rotatable bonds is 3. The van der Waals surface area contributed by atoms with Gasteiger partial charge in [0.1, 0.15) is 10.0 Å². The minimum atomic E-state index is -3.86. The third-order valence-corrected chi connectivity index (χ3v) is 7.76. The smallest absolute Gasteiger partial charge is 0.218 e. The van der Waals surface area contributed by atoms with Crippen molar-refractivity contribution in [3.8, 4) is 11.1 Å². The van der Waals surface area contributed by atoms with Crippen LogP contribution < -0.4 is 0 Å². The molecular formula is C19H10Cl2FNO2S2. The first-order chi connectivity index (χ1) is 12.9. The van der Waals surface area contributed by atoms with Crippen molar-refractivity contribution in [1.29, 1.82) is 0 Å². The maximum absolute atomic E-state index is 13.4. The van der Waals surface area contributed by atoms with Gasteiger partial charge in [0.05, 0.1) is 14.7 Å². The Hall–Kier alpha value is -1.99. The van der Waals surface area contributed by atoms with E-state index in [0.717, 1.165) is 11.3 Å². The summed E-state index contributed by atoms with van der Waals surface area (Å²) in [6.07, 6.45) is 1.31. The Kier molecular flexibility index (Phi) is 4.68. The highest BCUT2D eigenvalue weighted by molar-refractivity contribution is 7.93. The van der Waals surface area contributed by atoms with Crippen molar-refractivity contribution in [2.24, 2.45) is 0 Å². The number of thiophene rings is 1. The lowest BCUT2D eigenvalue weighted by Crippen LogP contribution is -2.04. The van der Waals surface area contributed by atoms with Crippen molar-refractivity contribution in [3.63, 3.8) is 0 Å². The van der Waals surface area contributed by atoms with E-state index < -0.39 is 15.7 Å². The molecule has 0 aliphatic carbocycles. The molecule has 2 heterocycles. The largest absolute Gasteiger partial charge is 0.255 e. The average Bonchev–Trinajstić information content (AvgIpc) is 3.08. The van der Waals surface area contributed by atoms with Crippen LogP contribution in [0.5, 0.6) is 0 Å². The highest BCUT2D eigenvalue weighted by atomic mass is 35.5. The zero-order chi connectivity index (χ0) is 19.2. The molecule has 0 radical (unpaired) electrons. The molecule has 0 N–H and O–H groups in total. The van der Waals surface area contributed by atoms with Crippen LogP contribution in [0.2, 0.25) is 9.36 Å². The van der Waals surface area contributed by atoms with E-state index in [0.29, 0.717) is 31.4 Å². The summed E-state index contributed by atoms with van der Waals surface area (Å²) >= 11 is 12.9. The summed E-state index contributed by atoms with van der Waals surface area (Å²) in [4.78, 5) is 4.31. The Balaban J connectivity index is 2.07. The summed E-state index contributed by atoms with van der Waals surface area (Å²) in [5.41, 5.74) is 1.55. The monoisotopic (exact) mass is 437 g/mol. The SMILES string of the molecule is O=S(=O)(c1ccc(Cl)s1)c1cnc2cc(Cl)ccc2c1-c1ccc(F)cc1. The summed E-state index contributed by atoms with van der Waals surface area (Å²) in [7, 11) is -3.86. The molecule has 0 unspecified atom stereocenters. The second kappa shape index (κ2) is 6.87. The number of hydrogen-bond donors (Lipinski definition) is 0. The highest BCUT2D eigenvalue weighted by Gasteiger charge is 2.26. The zero-order valence-electron chi connectivity index (χ0n) is 13.5. The van der Waals surface area contributed by atoms with Gasteiger partial charge in [0.2, 0.25) is 9.84 Å². The lowest BCUT2D eigenvalue weighted by molar-refractivity contribution is 0.598. The molecule has 0 atom stereocenters. The predicted octanol–water partition coefficient (Wildman–Crippen LogP) is 6.24. The van der Waals surface area contributed by atoms with Gasteiger partial charge in [-0.1, -0.05) is 41.4 Å². The Morgan fingerprint density at radius 2 is 1.70 bits per heavy atom. The molecule has 8 heteroatoms. The van der Waals surface area contributed by atoms with E-state index in [2.05, 4.69) is 4.98 Å². The van der Waals surface area contributed by atoms with Crippen LogP contribution in [-0.2, 0) is 9.84 Å². The van der Waals surface area contributed by atoms with Crippen molar-refractivity contribution < 1.29 is 12.8 Å². The van der Waals surface area contributed by atoms with Crippen molar-refractivity contribution in [2.45, 2.75) is 9.10 Å². The lowest BCUT2D eigenvalue weighted by Gasteiger charge is -2.13. The molecule has 0 saturated heterocycles. The molecule has 0 amide bonds. The van der Waals surface area contributed by atoms with Gasteiger partial charge >= 0.3 is 0 Å². The molecule has 4 aromatic rings. The summed E-state index contributed by atoms with van der Waals surface area (Å²) < 4.78 is 40.4. The fraction of sp³-hybridized carbons (Fsp3) is 0. The van der Waals surface area contributed by atoms with Crippen LogP contribution in [0.1, 0.15) is 0 Å². The Morgan fingerprint density at radius 3 is 2.37 bits per heavy atom. The molecule has 2 aromatic carbocycles. The van der Waals surface area contributed by atoms with E-state index in [1.807, 2.05) is 0 Å². The van der Waals surface area contributed by atoms with E-state index in [1.54, 1.807) is 30.3 Å². The second-order valence-corrected chi connectivity index (χ2v) is 10.0. The fourth-order valence-electron chi connectivity index (χ4n) is 2.82. The first-order valence-corrected chi connectivity index (χ1v) is 10.8. The van der Waals surface area contributed by atoms with Gasteiger partial charge in [0.25, 0.3) is 0 Å². The van der Waals surface area contributed by atoms with Gasteiger partial charge in [-0.05, 0) is 42.0 Å². The van der Waals surface area contributed by atoms with Gasteiger partial charge < -0.3 is 0 Å². The molecule has 0 aliphatic rings. The molecule has 0 aliphatic heterocycles. The minimum absolute atomic E-state index is 0.0300. The molecule has 4 rings (SSSR count). The Morgan fingerprint density at radius 1 is 0.963 bits per heavy atom. The molecule has 0 saturated carbocycles. The highest BCUT2D eigenvalue weighted by Crippen LogP contribution is 2.39. The molecule has 0 spiro atoms. The van der Waals surface area contributed by atoms with Crippen LogP contribution in [0.15, 0.2) is 69.9 Å². The van der Waals surface area contributed by atoms with E-state index in [9.17, 15) is 12.8 Å². The van der Waals surface area contributed by atoms with Crippen molar-refractivity contribution in [2.75, 3.05) is 0 Å². The van der Waals surface area contributed by atoms with Gasteiger partial charge in [-0.3, -0.25) is 4.98 Å². The van der Waals surface area contributed by atoms with E-state index in [-0.39, 0.29) is 9.10 Å². The average molecular weight is 438 g/mol. The number of benzene rings is 2. The summed E-state index contributed by atoms with van der Waals surface area (Å²) in [6, 6.07) is 13.7. The zero-order valence-corrected chi connectivity index (χ0v) is 16.6. The summed E-state index contributed by atoms with van der Waals surface area (Å²) in [5, 5.41) is 1.09. The number of hydrogen-bond acceptors (Lipinski definition) is 4. The molecule has 0 fully saturated rings. The van der Waals surface area contributed by atoms with Gasteiger partial charge in [-0.15, -0.1) is 11.3 Å². The van der Waals surface area contributed by atoms with Gasteiger partial charge in [0, 0.05) is 22.2 Å². The van der Waals surface area contributed by atoms with Crippen molar-refractivity contribution in [1.82, 2.24) is 4.98 Å². The third kappa shape index (κ3) is 3.34. The van der Waals surface area contributed by atoms with Crippen LogP contribution in [0.4, 0.5) is 4.39 Å². The molecule has 3 nitrogen and oxygen atoms in total. The number of aromatic nitrogens is 1. The number of nitrogens with zero attached hydrogens (tertiary/aromatic N) is 1. The van der Waals surface area contributed by atoms with E-state index in [1.165, 1.54) is 30.5 Å².